The third-order valence-electron chi connectivity index (χ3n) is 3.39. The predicted octanol–water partition coefficient (Wildman–Crippen LogP) is 2.54. The molecule has 1 rings (SSSR count). The third kappa shape index (κ3) is 2.81. The molecule has 0 aromatic carbocycles. The molecule has 1 aliphatic carbocycles. The van der Waals surface area contributed by atoms with Gasteiger partial charge >= 0.3 is 0 Å². The highest BCUT2D eigenvalue weighted by Crippen LogP contribution is 2.34. The fourth-order valence-corrected chi connectivity index (χ4v) is 2.50. The Hall–Kier alpha value is -0.370. The number of hydrogen-bond acceptors (Lipinski definition) is 2. The molecule has 1 N–H and O–H groups in total. The SMILES string of the molecule is CCCCCC1C(=O)CCC1C(C)O. The van der Waals surface area contributed by atoms with E-state index in [0.717, 1.165) is 19.3 Å². The lowest BCUT2D eigenvalue weighted by molar-refractivity contribution is -0.122. The Morgan fingerprint density at radius 2 is 2.21 bits per heavy atom. The van der Waals surface area contributed by atoms with Gasteiger partial charge in [-0.15, -0.1) is 0 Å². The van der Waals surface area contributed by atoms with Gasteiger partial charge in [0.05, 0.1) is 6.10 Å². The Labute approximate surface area is 86.7 Å². The van der Waals surface area contributed by atoms with Crippen LogP contribution in [0.3, 0.4) is 0 Å². The Bertz CT molecular complexity index is 187. The van der Waals surface area contributed by atoms with Crippen LogP contribution in [-0.2, 0) is 4.79 Å². The van der Waals surface area contributed by atoms with E-state index < -0.39 is 0 Å². The fraction of sp³-hybridized carbons (Fsp3) is 0.917. The molecule has 0 amide bonds. The van der Waals surface area contributed by atoms with Crippen molar-refractivity contribution in [3.8, 4) is 0 Å². The van der Waals surface area contributed by atoms with E-state index in [1.165, 1.54) is 12.8 Å². The summed E-state index contributed by atoms with van der Waals surface area (Å²) in [5.74, 6) is 0.771. The maximum atomic E-state index is 11.6. The van der Waals surface area contributed by atoms with E-state index in [0.29, 0.717) is 12.2 Å². The molecule has 0 spiro atoms. The van der Waals surface area contributed by atoms with Gasteiger partial charge in [-0.1, -0.05) is 26.2 Å². The zero-order chi connectivity index (χ0) is 10.6. The summed E-state index contributed by atoms with van der Waals surface area (Å²) >= 11 is 0. The first-order chi connectivity index (χ1) is 6.66. The summed E-state index contributed by atoms with van der Waals surface area (Å²) < 4.78 is 0. The van der Waals surface area contributed by atoms with Gasteiger partial charge in [-0.05, 0) is 25.7 Å². The Morgan fingerprint density at radius 1 is 1.50 bits per heavy atom. The van der Waals surface area contributed by atoms with Gasteiger partial charge in [0.2, 0.25) is 0 Å². The number of aliphatic hydroxyl groups is 1. The summed E-state index contributed by atoms with van der Waals surface area (Å²) in [6.07, 6.45) is 5.79. The van der Waals surface area contributed by atoms with Crippen LogP contribution >= 0.6 is 0 Å². The highest BCUT2D eigenvalue weighted by Gasteiger charge is 2.36. The maximum absolute atomic E-state index is 11.6. The largest absolute Gasteiger partial charge is 0.393 e. The van der Waals surface area contributed by atoms with Crippen molar-refractivity contribution in [2.45, 2.75) is 58.5 Å². The summed E-state index contributed by atoms with van der Waals surface area (Å²) in [4.78, 5) is 11.6. The molecule has 0 radical (unpaired) electrons. The Balaban J connectivity index is 2.41. The molecule has 1 saturated carbocycles. The molecule has 1 aliphatic rings. The smallest absolute Gasteiger partial charge is 0.136 e. The van der Waals surface area contributed by atoms with Gasteiger partial charge in [0.1, 0.15) is 5.78 Å². The van der Waals surface area contributed by atoms with Crippen LogP contribution in [0.1, 0.15) is 52.4 Å². The molecule has 0 aromatic rings. The molecule has 3 atom stereocenters. The quantitative estimate of drug-likeness (QED) is 0.689. The molecule has 0 bridgehead atoms. The summed E-state index contributed by atoms with van der Waals surface area (Å²) in [5.41, 5.74) is 0. The number of ketones is 1. The van der Waals surface area contributed by atoms with Crippen molar-refractivity contribution in [2.75, 3.05) is 0 Å². The predicted molar refractivity (Wildman–Crippen MR) is 57.0 cm³/mol. The summed E-state index contributed by atoms with van der Waals surface area (Å²) in [7, 11) is 0. The molecule has 0 aromatic heterocycles. The summed E-state index contributed by atoms with van der Waals surface area (Å²) in [6.45, 7) is 3.98. The van der Waals surface area contributed by atoms with Gasteiger partial charge in [-0.2, -0.15) is 0 Å². The number of carbonyl (C=O) groups excluding carboxylic acids is 1. The topological polar surface area (TPSA) is 37.3 Å². The monoisotopic (exact) mass is 198 g/mol. The normalized spacial score (nSPS) is 29.5. The number of rotatable bonds is 5. The van der Waals surface area contributed by atoms with Gasteiger partial charge in [-0.25, -0.2) is 0 Å². The molecule has 3 unspecified atom stereocenters. The van der Waals surface area contributed by atoms with Crippen molar-refractivity contribution in [1.29, 1.82) is 0 Å². The van der Waals surface area contributed by atoms with E-state index in [-0.39, 0.29) is 17.9 Å². The van der Waals surface area contributed by atoms with E-state index in [4.69, 9.17) is 0 Å². The van der Waals surface area contributed by atoms with Crippen LogP contribution in [0.25, 0.3) is 0 Å². The lowest BCUT2D eigenvalue weighted by Crippen LogP contribution is -2.24. The maximum Gasteiger partial charge on any atom is 0.136 e. The fourth-order valence-electron chi connectivity index (χ4n) is 2.50. The average Bonchev–Trinajstić information content (AvgIpc) is 2.48. The van der Waals surface area contributed by atoms with Gasteiger partial charge in [0, 0.05) is 12.3 Å². The number of Topliss-reactive ketones (excluding diaryl/α,β-unsaturated/α-hetero) is 1. The van der Waals surface area contributed by atoms with Crippen LogP contribution in [0.15, 0.2) is 0 Å². The van der Waals surface area contributed by atoms with Gasteiger partial charge in [0.25, 0.3) is 0 Å². The van der Waals surface area contributed by atoms with Crippen LogP contribution in [0.2, 0.25) is 0 Å². The number of unbranched alkanes of at least 4 members (excludes halogenated alkanes) is 2. The minimum absolute atomic E-state index is 0.154. The van der Waals surface area contributed by atoms with Crippen LogP contribution < -0.4 is 0 Å². The number of aliphatic hydroxyl groups excluding tert-OH is 1. The number of hydrogen-bond donors (Lipinski definition) is 1. The zero-order valence-electron chi connectivity index (χ0n) is 9.33. The average molecular weight is 198 g/mol. The Kier molecular flexibility index (Phi) is 4.59. The molecule has 1 fully saturated rings. The first-order valence-corrected chi connectivity index (χ1v) is 5.87. The van der Waals surface area contributed by atoms with Crippen LogP contribution in [0.5, 0.6) is 0 Å². The molecule has 2 nitrogen and oxygen atoms in total. The molecule has 0 aliphatic heterocycles. The van der Waals surface area contributed by atoms with Crippen LogP contribution in [0.4, 0.5) is 0 Å². The molecular weight excluding hydrogens is 176 g/mol. The highest BCUT2D eigenvalue weighted by molar-refractivity contribution is 5.83. The second-order valence-electron chi connectivity index (χ2n) is 4.51. The third-order valence-corrected chi connectivity index (χ3v) is 3.39. The van der Waals surface area contributed by atoms with Gasteiger partial charge in [-0.3, -0.25) is 4.79 Å². The molecule has 0 saturated heterocycles. The van der Waals surface area contributed by atoms with Crippen molar-refractivity contribution in [2.24, 2.45) is 11.8 Å². The summed E-state index contributed by atoms with van der Waals surface area (Å²) in [5, 5.41) is 9.54. The van der Waals surface area contributed by atoms with Gasteiger partial charge < -0.3 is 5.11 Å². The van der Waals surface area contributed by atoms with Crippen molar-refractivity contribution in [3.63, 3.8) is 0 Å². The Morgan fingerprint density at radius 3 is 2.79 bits per heavy atom. The molecular formula is C12H22O2. The second-order valence-corrected chi connectivity index (χ2v) is 4.51. The minimum Gasteiger partial charge on any atom is -0.393 e. The second kappa shape index (κ2) is 5.50. The summed E-state index contributed by atoms with van der Waals surface area (Å²) in [6, 6.07) is 0. The molecule has 14 heavy (non-hydrogen) atoms. The van der Waals surface area contributed by atoms with Crippen molar-refractivity contribution in [3.05, 3.63) is 0 Å². The van der Waals surface area contributed by atoms with Crippen LogP contribution in [-0.4, -0.2) is 17.0 Å². The lowest BCUT2D eigenvalue weighted by Gasteiger charge is -2.20. The van der Waals surface area contributed by atoms with E-state index >= 15 is 0 Å². The lowest BCUT2D eigenvalue weighted by atomic mass is 9.87. The standard InChI is InChI=1S/C12H22O2/c1-3-4-5-6-11-10(9(2)13)7-8-12(11)14/h9-11,13H,3-8H2,1-2H3. The minimum atomic E-state index is -0.312. The first kappa shape index (κ1) is 11.7. The van der Waals surface area contributed by atoms with Crippen molar-refractivity contribution in [1.82, 2.24) is 0 Å². The van der Waals surface area contributed by atoms with Gasteiger partial charge in [0.15, 0.2) is 0 Å². The van der Waals surface area contributed by atoms with Crippen LogP contribution in [0, 0.1) is 11.8 Å². The van der Waals surface area contributed by atoms with Crippen molar-refractivity contribution < 1.29 is 9.90 Å². The van der Waals surface area contributed by atoms with Crippen molar-refractivity contribution >= 4 is 5.78 Å². The molecule has 82 valence electrons. The van der Waals surface area contributed by atoms with E-state index in [2.05, 4.69) is 6.92 Å². The highest BCUT2D eigenvalue weighted by atomic mass is 16.3. The number of carbonyl (C=O) groups is 1. The first-order valence-electron chi connectivity index (χ1n) is 5.87. The molecule has 2 heteroatoms. The molecule has 0 heterocycles. The van der Waals surface area contributed by atoms with E-state index in [1.54, 1.807) is 0 Å². The zero-order valence-corrected chi connectivity index (χ0v) is 9.33. The van der Waals surface area contributed by atoms with E-state index in [9.17, 15) is 9.90 Å². The van der Waals surface area contributed by atoms with E-state index in [1.807, 2.05) is 6.92 Å².